The highest BCUT2D eigenvalue weighted by Gasteiger charge is 2.10. The molecule has 0 fully saturated rings. The number of halogens is 2. The maximum absolute atomic E-state index is 12.6. The van der Waals surface area contributed by atoms with Crippen molar-refractivity contribution in [2.24, 2.45) is 0 Å². The second-order valence-electron chi connectivity index (χ2n) is 4.36. The summed E-state index contributed by atoms with van der Waals surface area (Å²) in [6, 6.07) is 5.69. The summed E-state index contributed by atoms with van der Waals surface area (Å²) in [5.41, 5.74) is 0.683. The zero-order chi connectivity index (χ0) is 15.4. The molecule has 0 N–H and O–H groups in total. The minimum absolute atomic E-state index is 0.0347. The maximum Gasteiger partial charge on any atom is 0.262 e. The summed E-state index contributed by atoms with van der Waals surface area (Å²) in [4.78, 5) is 17.2. The molecule has 0 bridgehead atoms. The summed E-state index contributed by atoms with van der Waals surface area (Å²) in [6.45, 7) is 5.98. The van der Waals surface area contributed by atoms with Crippen LogP contribution in [0, 0.1) is 3.57 Å². The summed E-state index contributed by atoms with van der Waals surface area (Å²) in [5.74, 6) is 0.675. The Morgan fingerprint density at radius 1 is 1.57 bits per heavy atom. The van der Waals surface area contributed by atoms with Gasteiger partial charge in [0.05, 0.1) is 10.9 Å². The van der Waals surface area contributed by atoms with Crippen molar-refractivity contribution in [1.82, 2.24) is 9.55 Å². The van der Waals surface area contributed by atoms with Gasteiger partial charge in [-0.05, 0) is 47.7 Å². The molecule has 0 spiro atoms. The first-order valence-corrected chi connectivity index (χ1v) is 8.73. The van der Waals surface area contributed by atoms with E-state index in [0.29, 0.717) is 22.8 Å². The number of thioether (sulfide) groups is 1. The van der Waals surface area contributed by atoms with Crippen molar-refractivity contribution in [3.05, 3.63) is 55.9 Å². The largest absolute Gasteiger partial charge is 0.283 e. The predicted molar refractivity (Wildman–Crippen MR) is 99.3 cm³/mol. The van der Waals surface area contributed by atoms with Gasteiger partial charge in [0.2, 0.25) is 0 Å². The van der Waals surface area contributed by atoms with Crippen LogP contribution >= 0.6 is 46.0 Å². The number of fused-ring (bicyclic) bond motifs is 1. The first kappa shape index (κ1) is 16.6. The third-order valence-corrected chi connectivity index (χ3v) is 4.50. The van der Waals surface area contributed by atoms with Gasteiger partial charge in [0.1, 0.15) is 0 Å². The molecular formula is C15H14ClIN2OS. The van der Waals surface area contributed by atoms with E-state index in [-0.39, 0.29) is 5.56 Å². The van der Waals surface area contributed by atoms with Gasteiger partial charge >= 0.3 is 0 Å². The van der Waals surface area contributed by atoms with Crippen molar-refractivity contribution in [2.75, 3.05) is 5.75 Å². The van der Waals surface area contributed by atoms with Gasteiger partial charge in [0, 0.05) is 20.9 Å². The molecule has 6 heteroatoms. The zero-order valence-corrected chi connectivity index (χ0v) is 15.2. The average molecular weight is 433 g/mol. The second-order valence-corrected chi connectivity index (χ2v) is 7.19. The lowest BCUT2D eigenvalue weighted by Gasteiger charge is -2.10. The van der Waals surface area contributed by atoms with Gasteiger partial charge in [-0.2, -0.15) is 0 Å². The fourth-order valence-corrected chi connectivity index (χ4v) is 3.42. The molecule has 0 aliphatic rings. The molecule has 0 unspecified atom stereocenters. The Bertz CT molecular complexity index is 766. The average Bonchev–Trinajstić information content (AvgIpc) is 2.43. The SMILES string of the molecule is C=CCn1c(SC/C=C(\C)Cl)nc2ccc(I)cc2c1=O. The van der Waals surface area contributed by atoms with E-state index in [0.717, 1.165) is 14.1 Å². The third-order valence-electron chi connectivity index (χ3n) is 2.77. The van der Waals surface area contributed by atoms with Gasteiger partial charge in [-0.3, -0.25) is 9.36 Å². The Labute approximate surface area is 146 Å². The molecule has 0 aliphatic heterocycles. The molecule has 2 aromatic rings. The van der Waals surface area contributed by atoms with E-state index in [1.165, 1.54) is 11.8 Å². The Morgan fingerprint density at radius 2 is 2.33 bits per heavy atom. The van der Waals surface area contributed by atoms with E-state index in [1.807, 2.05) is 31.2 Å². The van der Waals surface area contributed by atoms with Crippen LogP contribution in [0.5, 0.6) is 0 Å². The molecule has 0 saturated carbocycles. The van der Waals surface area contributed by atoms with E-state index < -0.39 is 0 Å². The van der Waals surface area contributed by atoms with Gasteiger partial charge in [0.25, 0.3) is 5.56 Å². The molecule has 21 heavy (non-hydrogen) atoms. The van der Waals surface area contributed by atoms with Gasteiger partial charge in [-0.25, -0.2) is 4.98 Å². The molecule has 110 valence electrons. The highest BCUT2D eigenvalue weighted by molar-refractivity contribution is 14.1. The van der Waals surface area contributed by atoms with Crippen LogP contribution in [0.1, 0.15) is 6.92 Å². The Kier molecular flexibility index (Phi) is 5.89. The second kappa shape index (κ2) is 7.47. The number of allylic oxidation sites excluding steroid dienone is 2. The molecule has 2 rings (SSSR count). The summed E-state index contributed by atoms with van der Waals surface area (Å²) >= 11 is 9.51. The van der Waals surface area contributed by atoms with Crippen molar-refractivity contribution in [3.8, 4) is 0 Å². The molecule has 0 atom stereocenters. The van der Waals surface area contributed by atoms with Gasteiger partial charge in [-0.1, -0.05) is 35.5 Å². The number of hydrogen-bond donors (Lipinski definition) is 0. The minimum Gasteiger partial charge on any atom is -0.283 e. The third kappa shape index (κ3) is 4.11. The normalized spacial score (nSPS) is 11.9. The van der Waals surface area contributed by atoms with Crippen LogP contribution in [0.4, 0.5) is 0 Å². The fourth-order valence-electron chi connectivity index (χ4n) is 1.80. The molecular weight excluding hydrogens is 419 g/mol. The van der Waals surface area contributed by atoms with Gasteiger partial charge in [-0.15, -0.1) is 6.58 Å². The Balaban J connectivity index is 2.54. The smallest absolute Gasteiger partial charge is 0.262 e. The summed E-state index contributed by atoms with van der Waals surface area (Å²) < 4.78 is 2.67. The van der Waals surface area contributed by atoms with E-state index in [9.17, 15) is 4.79 Å². The van der Waals surface area contributed by atoms with Crippen LogP contribution in [0.3, 0.4) is 0 Å². The monoisotopic (exact) mass is 432 g/mol. The first-order chi connectivity index (χ1) is 10.0. The summed E-state index contributed by atoms with van der Waals surface area (Å²) in [5, 5.41) is 2.05. The van der Waals surface area contributed by atoms with E-state index in [2.05, 4.69) is 34.2 Å². The zero-order valence-electron chi connectivity index (χ0n) is 11.5. The van der Waals surface area contributed by atoms with Crippen molar-refractivity contribution < 1.29 is 0 Å². The molecule has 0 aliphatic carbocycles. The van der Waals surface area contributed by atoms with Crippen LogP contribution in [-0.4, -0.2) is 15.3 Å². The fraction of sp³-hybridized carbons (Fsp3) is 0.200. The van der Waals surface area contributed by atoms with Gasteiger partial charge < -0.3 is 0 Å². The van der Waals surface area contributed by atoms with Crippen molar-refractivity contribution in [3.63, 3.8) is 0 Å². The lowest BCUT2D eigenvalue weighted by molar-refractivity contribution is 0.672. The first-order valence-electron chi connectivity index (χ1n) is 6.29. The molecule has 0 amide bonds. The van der Waals surface area contributed by atoms with Crippen LogP contribution in [-0.2, 0) is 6.54 Å². The molecule has 0 radical (unpaired) electrons. The maximum atomic E-state index is 12.6. The summed E-state index contributed by atoms with van der Waals surface area (Å²) in [6.07, 6.45) is 3.60. The molecule has 1 aromatic carbocycles. The van der Waals surface area contributed by atoms with Crippen LogP contribution in [0.25, 0.3) is 10.9 Å². The Hall–Kier alpha value is -0.790. The van der Waals surface area contributed by atoms with Crippen LogP contribution in [0.15, 0.2) is 51.9 Å². The topological polar surface area (TPSA) is 34.9 Å². The predicted octanol–water partition coefficient (Wildman–Crippen LogP) is 4.42. The van der Waals surface area contributed by atoms with E-state index in [1.54, 1.807) is 10.6 Å². The van der Waals surface area contributed by atoms with Crippen LogP contribution < -0.4 is 5.56 Å². The van der Waals surface area contributed by atoms with E-state index in [4.69, 9.17) is 11.6 Å². The lowest BCUT2D eigenvalue weighted by atomic mass is 10.2. The van der Waals surface area contributed by atoms with Crippen molar-refractivity contribution >= 4 is 56.9 Å². The molecule has 1 aromatic heterocycles. The lowest BCUT2D eigenvalue weighted by Crippen LogP contribution is -2.23. The summed E-state index contributed by atoms with van der Waals surface area (Å²) in [7, 11) is 0. The number of nitrogens with zero attached hydrogens (tertiary/aromatic N) is 2. The Morgan fingerprint density at radius 3 is 3.00 bits per heavy atom. The van der Waals surface area contributed by atoms with Crippen LogP contribution in [0.2, 0.25) is 0 Å². The number of aromatic nitrogens is 2. The highest BCUT2D eigenvalue weighted by Crippen LogP contribution is 2.20. The highest BCUT2D eigenvalue weighted by atomic mass is 127. The number of benzene rings is 1. The standard InChI is InChI=1S/C15H14ClIN2OS/c1-3-7-19-14(20)12-9-11(17)4-5-13(12)18-15(19)21-8-6-10(2)16/h3-6,9H,1,7-8H2,2H3/b10-6+. The minimum atomic E-state index is -0.0347. The van der Waals surface area contributed by atoms with E-state index >= 15 is 0 Å². The van der Waals surface area contributed by atoms with Gasteiger partial charge in [0.15, 0.2) is 5.16 Å². The molecule has 3 nitrogen and oxygen atoms in total. The molecule has 0 saturated heterocycles. The van der Waals surface area contributed by atoms with Crippen molar-refractivity contribution in [2.45, 2.75) is 18.6 Å². The number of hydrogen-bond acceptors (Lipinski definition) is 3. The molecule has 1 heterocycles. The number of rotatable bonds is 5. The quantitative estimate of drug-likeness (QED) is 0.304. The van der Waals surface area contributed by atoms with Crippen molar-refractivity contribution in [1.29, 1.82) is 0 Å².